The Morgan fingerprint density at radius 2 is 2.08 bits per heavy atom. The summed E-state index contributed by atoms with van der Waals surface area (Å²) in [6.45, 7) is 0. The number of thioether (sulfide) groups is 1. The average molecular weight is 304 g/mol. The molecule has 4 heteroatoms. The third-order valence-electron chi connectivity index (χ3n) is 1.79. The fourth-order valence-corrected chi connectivity index (χ4v) is 2.49. The molecule has 0 saturated carbocycles. The zero-order valence-corrected chi connectivity index (χ0v) is 9.80. The van der Waals surface area contributed by atoms with Crippen molar-refractivity contribution in [3.63, 3.8) is 0 Å². The highest BCUT2D eigenvalue weighted by molar-refractivity contribution is 14.1. The summed E-state index contributed by atoms with van der Waals surface area (Å²) in [6, 6.07) is 10.3. The van der Waals surface area contributed by atoms with Crippen molar-refractivity contribution in [2.24, 2.45) is 0 Å². The van der Waals surface area contributed by atoms with Gasteiger partial charge in [0.1, 0.15) is 5.50 Å². The number of hydrogen-bond donors (Lipinski definition) is 2. The monoisotopic (exact) mass is 304 g/mol. The van der Waals surface area contributed by atoms with Gasteiger partial charge in [0.2, 0.25) is 0 Å². The highest BCUT2D eigenvalue weighted by atomic mass is 127. The van der Waals surface area contributed by atoms with Crippen molar-refractivity contribution in [3.8, 4) is 0 Å². The highest BCUT2D eigenvalue weighted by Gasteiger charge is 2.15. The molecule has 13 heavy (non-hydrogen) atoms. The molecule has 1 aliphatic rings. The topological polar surface area (TPSA) is 24.1 Å². The Labute approximate surface area is 95.7 Å². The van der Waals surface area contributed by atoms with Crippen LogP contribution in [0.25, 0.3) is 5.70 Å². The van der Waals surface area contributed by atoms with E-state index < -0.39 is 0 Å². The molecule has 1 aromatic rings. The Kier molecular flexibility index (Phi) is 3.13. The van der Waals surface area contributed by atoms with Crippen molar-refractivity contribution in [2.75, 3.05) is 0 Å². The molecule has 0 radical (unpaired) electrons. The summed E-state index contributed by atoms with van der Waals surface area (Å²) >= 11 is 3.91. The lowest BCUT2D eigenvalue weighted by atomic mass is 10.2. The maximum atomic E-state index is 3.36. The van der Waals surface area contributed by atoms with Crippen LogP contribution < -0.4 is 8.85 Å². The first kappa shape index (κ1) is 9.36. The number of nitrogens with one attached hydrogen (secondary N) is 2. The number of hydrogen-bond acceptors (Lipinski definition) is 3. The Hall–Kier alpha value is -0.200. The molecule has 0 aliphatic carbocycles. The lowest BCUT2D eigenvalue weighted by molar-refractivity contribution is 0.820. The Balaban J connectivity index is 2.12. The van der Waals surface area contributed by atoms with Gasteiger partial charge >= 0.3 is 0 Å². The third kappa shape index (κ3) is 2.18. The van der Waals surface area contributed by atoms with Crippen LogP contribution in [0.3, 0.4) is 0 Å². The molecule has 68 valence electrons. The molecule has 0 aromatic heterocycles. The molecular weight excluding hydrogens is 295 g/mol. The second-order valence-electron chi connectivity index (χ2n) is 2.67. The minimum atomic E-state index is 0.302. The second-order valence-corrected chi connectivity index (χ2v) is 4.27. The van der Waals surface area contributed by atoms with E-state index in [9.17, 15) is 0 Å². The molecule has 0 bridgehead atoms. The summed E-state index contributed by atoms with van der Waals surface area (Å²) in [5, 5.41) is 5.51. The number of rotatable bonds is 2. The molecule has 1 heterocycles. The maximum Gasteiger partial charge on any atom is 0.138 e. The molecule has 0 fully saturated rings. The van der Waals surface area contributed by atoms with E-state index in [-0.39, 0.29) is 0 Å². The lowest BCUT2D eigenvalue weighted by Gasteiger charge is -2.09. The zero-order valence-electron chi connectivity index (χ0n) is 6.83. The van der Waals surface area contributed by atoms with Gasteiger partial charge in [0.05, 0.1) is 0 Å². The first-order valence-corrected chi connectivity index (χ1v) is 5.96. The van der Waals surface area contributed by atoms with Crippen molar-refractivity contribution in [2.45, 2.75) is 5.50 Å². The van der Waals surface area contributed by atoms with Gasteiger partial charge in [-0.2, -0.15) is 0 Å². The second kappa shape index (κ2) is 4.34. The number of benzene rings is 1. The van der Waals surface area contributed by atoms with Crippen LogP contribution in [0, 0.1) is 0 Å². The van der Waals surface area contributed by atoms with Crippen LogP contribution in [0.15, 0.2) is 35.7 Å². The summed E-state index contributed by atoms with van der Waals surface area (Å²) in [4.78, 5) is 0. The molecule has 1 aliphatic heterocycles. The van der Waals surface area contributed by atoms with Crippen molar-refractivity contribution >= 4 is 40.3 Å². The molecule has 2 N–H and O–H groups in total. The van der Waals surface area contributed by atoms with Gasteiger partial charge in [-0.3, -0.25) is 0 Å². The fraction of sp³-hybridized carbons (Fsp3) is 0.111. The fourth-order valence-electron chi connectivity index (χ4n) is 1.17. The van der Waals surface area contributed by atoms with E-state index in [0.29, 0.717) is 5.50 Å². The summed E-state index contributed by atoms with van der Waals surface area (Å²) in [5.74, 6) is 0. The summed E-state index contributed by atoms with van der Waals surface area (Å²) in [7, 11) is 0. The van der Waals surface area contributed by atoms with Gasteiger partial charge in [0, 0.05) is 28.6 Å². The van der Waals surface area contributed by atoms with Gasteiger partial charge in [0.15, 0.2) is 0 Å². The highest BCUT2D eigenvalue weighted by Crippen LogP contribution is 2.25. The smallest absolute Gasteiger partial charge is 0.138 e. The standard InChI is InChI=1S/C9H9IN2S/c10-12-9-11-8(6-13-9)7-4-2-1-3-5-7/h1-6,9,11-12H. The Morgan fingerprint density at radius 1 is 1.31 bits per heavy atom. The van der Waals surface area contributed by atoms with Crippen LogP contribution in [0.1, 0.15) is 5.56 Å². The van der Waals surface area contributed by atoms with Gasteiger partial charge in [-0.05, 0) is 11.0 Å². The Morgan fingerprint density at radius 3 is 2.69 bits per heavy atom. The van der Waals surface area contributed by atoms with Gasteiger partial charge in [-0.15, -0.1) is 0 Å². The number of halogens is 1. The van der Waals surface area contributed by atoms with Crippen LogP contribution in [0.2, 0.25) is 0 Å². The van der Waals surface area contributed by atoms with Gasteiger partial charge in [-0.25, -0.2) is 3.53 Å². The summed E-state index contributed by atoms with van der Waals surface area (Å²) in [6.07, 6.45) is 0. The molecule has 0 spiro atoms. The lowest BCUT2D eigenvalue weighted by Crippen LogP contribution is -2.28. The van der Waals surface area contributed by atoms with Crippen LogP contribution in [-0.2, 0) is 0 Å². The first-order valence-electron chi connectivity index (χ1n) is 3.94. The van der Waals surface area contributed by atoms with Crippen molar-refractivity contribution in [3.05, 3.63) is 41.3 Å². The van der Waals surface area contributed by atoms with Gasteiger partial charge < -0.3 is 5.32 Å². The predicted octanol–water partition coefficient (Wildman–Crippen LogP) is 2.54. The maximum absolute atomic E-state index is 3.36. The molecule has 2 nitrogen and oxygen atoms in total. The van der Waals surface area contributed by atoms with Crippen LogP contribution in [0.5, 0.6) is 0 Å². The van der Waals surface area contributed by atoms with E-state index in [4.69, 9.17) is 0 Å². The van der Waals surface area contributed by atoms with E-state index in [1.54, 1.807) is 11.8 Å². The molecule has 2 rings (SSSR count). The van der Waals surface area contributed by atoms with E-state index in [1.807, 2.05) is 18.2 Å². The summed E-state index contributed by atoms with van der Waals surface area (Å²) in [5.41, 5.74) is 2.74. The van der Waals surface area contributed by atoms with E-state index in [2.05, 4.69) is 49.3 Å². The van der Waals surface area contributed by atoms with Crippen LogP contribution in [0.4, 0.5) is 0 Å². The van der Waals surface area contributed by atoms with E-state index >= 15 is 0 Å². The molecular formula is C9H9IN2S. The van der Waals surface area contributed by atoms with Crippen molar-refractivity contribution in [1.82, 2.24) is 8.85 Å². The minimum Gasteiger partial charge on any atom is -0.360 e. The van der Waals surface area contributed by atoms with Crippen LogP contribution >= 0.6 is 34.6 Å². The normalized spacial score (nSPS) is 21.0. The van der Waals surface area contributed by atoms with E-state index in [0.717, 1.165) is 0 Å². The van der Waals surface area contributed by atoms with E-state index in [1.165, 1.54) is 11.3 Å². The van der Waals surface area contributed by atoms with Gasteiger partial charge in [-0.1, -0.05) is 42.1 Å². The minimum absolute atomic E-state index is 0.302. The first-order chi connectivity index (χ1) is 6.40. The van der Waals surface area contributed by atoms with Crippen molar-refractivity contribution < 1.29 is 0 Å². The molecule has 0 amide bonds. The molecule has 1 atom stereocenters. The van der Waals surface area contributed by atoms with Gasteiger partial charge in [0.25, 0.3) is 0 Å². The molecule has 0 saturated heterocycles. The summed E-state index contributed by atoms with van der Waals surface area (Å²) < 4.78 is 3.13. The SMILES string of the molecule is INC1NC(c2ccccc2)=CS1. The zero-order chi connectivity index (χ0) is 9.10. The van der Waals surface area contributed by atoms with Crippen LogP contribution in [-0.4, -0.2) is 5.50 Å². The Bertz CT molecular complexity index is 313. The van der Waals surface area contributed by atoms with Crippen molar-refractivity contribution in [1.29, 1.82) is 0 Å². The largest absolute Gasteiger partial charge is 0.360 e. The third-order valence-corrected chi connectivity index (χ3v) is 3.72. The average Bonchev–Trinajstić information content (AvgIpc) is 2.67. The molecule has 1 unspecified atom stereocenters. The quantitative estimate of drug-likeness (QED) is 0.648. The molecule has 1 aromatic carbocycles. The predicted molar refractivity (Wildman–Crippen MR) is 66.1 cm³/mol.